The Morgan fingerprint density at radius 2 is 1.18 bits per heavy atom. The number of nitrogens with zero attached hydrogens (tertiary/aromatic N) is 2. The van der Waals surface area contributed by atoms with Gasteiger partial charge in [0.05, 0.1) is 11.1 Å². The molecule has 1 unspecified atom stereocenters. The molecular weight excluding hydrogens is 400 g/mol. The number of hydrogen-bond donors (Lipinski definition) is 0. The Morgan fingerprint density at radius 3 is 1.79 bits per heavy atom. The lowest BCUT2D eigenvalue weighted by atomic mass is 9.68. The summed E-state index contributed by atoms with van der Waals surface area (Å²) in [4.78, 5) is 4.12. The van der Waals surface area contributed by atoms with Crippen LogP contribution in [0.3, 0.4) is 0 Å². The zero-order valence-corrected chi connectivity index (χ0v) is 18.9. The van der Waals surface area contributed by atoms with E-state index in [0.29, 0.717) is 0 Å². The van der Waals surface area contributed by atoms with Gasteiger partial charge in [-0.25, -0.2) is 0 Å². The highest BCUT2D eigenvalue weighted by molar-refractivity contribution is 5.84. The van der Waals surface area contributed by atoms with Gasteiger partial charge in [0.15, 0.2) is 0 Å². The number of fused-ring (bicyclic) bond motifs is 3. The highest BCUT2D eigenvalue weighted by atomic mass is 15.4. The maximum absolute atomic E-state index is 8.72. The third-order valence-electron chi connectivity index (χ3n) is 7.15. The maximum Gasteiger partial charge on any atom is 0.108 e. The summed E-state index contributed by atoms with van der Waals surface area (Å²) in [5.41, 5.74) is 7.57. The molecule has 0 aromatic heterocycles. The lowest BCUT2D eigenvalue weighted by Crippen LogP contribution is -2.38. The molecule has 0 aliphatic carbocycles. The number of rotatable bonds is 3. The van der Waals surface area contributed by atoms with Gasteiger partial charge in [-0.15, -0.1) is 0 Å². The fraction of sp³-hybridized carbons (Fsp3) is 0.161. The van der Waals surface area contributed by atoms with E-state index in [4.69, 9.17) is 4.11 Å². The Kier molecular flexibility index (Phi) is 3.76. The molecule has 2 aliphatic heterocycles. The van der Waals surface area contributed by atoms with Crippen LogP contribution in [0.1, 0.15) is 40.1 Å². The third kappa shape index (κ3) is 2.61. The topological polar surface area (TPSA) is 6.48 Å². The van der Waals surface area contributed by atoms with E-state index in [1.54, 1.807) is 0 Å². The highest BCUT2D eigenvalue weighted by Gasteiger charge is 2.55. The molecule has 0 saturated heterocycles. The molecule has 0 bridgehead atoms. The van der Waals surface area contributed by atoms with Crippen molar-refractivity contribution in [2.75, 3.05) is 9.80 Å². The normalized spacial score (nSPS) is 20.2. The SMILES string of the molecule is [2H]C([2H])([2H])C1N(c2ccccc2C)C(C)=C2N1c1ccccc1C2(c1ccccc1)c1ccccc1. The van der Waals surface area contributed by atoms with Gasteiger partial charge in [0.2, 0.25) is 0 Å². The summed E-state index contributed by atoms with van der Waals surface area (Å²) in [6.07, 6.45) is -0.857. The van der Waals surface area contributed by atoms with Gasteiger partial charge in [0.25, 0.3) is 0 Å². The minimum absolute atomic E-state index is 0.649. The minimum Gasteiger partial charge on any atom is -0.322 e. The molecular formula is C31H28N2. The number of anilines is 2. The second-order valence-corrected chi connectivity index (χ2v) is 8.83. The molecule has 0 radical (unpaired) electrons. The van der Waals surface area contributed by atoms with Gasteiger partial charge in [0, 0.05) is 21.2 Å². The summed E-state index contributed by atoms with van der Waals surface area (Å²) in [7, 11) is 0. The minimum atomic E-state index is -2.26. The second-order valence-electron chi connectivity index (χ2n) is 8.83. The van der Waals surface area contributed by atoms with E-state index in [-0.39, 0.29) is 0 Å². The van der Waals surface area contributed by atoms with Crippen molar-refractivity contribution in [2.45, 2.75) is 32.3 Å². The summed E-state index contributed by atoms with van der Waals surface area (Å²) in [6.45, 7) is 1.86. The standard InChI is InChI=1S/C31H28N2/c1-22-14-10-12-20-28(22)32-23(2)30-31(25-15-6-4-7-16-25,26-17-8-5-9-18-26)27-19-11-13-21-29(27)33(30)24(32)3/h4-21,24H,1-3H3/i3D3. The van der Waals surface area contributed by atoms with E-state index in [2.05, 4.69) is 78.6 Å². The Balaban J connectivity index is 1.76. The van der Waals surface area contributed by atoms with E-state index >= 15 is 0 Å². The van der Waals surface area contributed by atoms with Crippen molar-refractivity contribution in [3.8, 4) is 0 Å². The number of aryl methyl sites for hydroxylation is 1. The Bertz CT molecular complexity index is 1420. The Labute approximate surface area is 200 Å². The van der Waals surface area contributed by atoms with Crippen LogP contribution < -0.4 is 9.80 Å². The zero-order chi connectivity index (χ0) is 25.1. The molecule has 0 amide bonds. The maximum atomic E-state index is 8.72. The fourth-order valence-corrected chi connectivity index (χ4v) is 5.82. The van der Waals surface area contributed by atoms with Gasteiger partial charge in [-0.2, -0.15) is 0 Å². The average Bonchev–Trinajstić information content (AvgIpc) is 3.36. The number of para-hydroxylation sites is 2. The molecule has 2 heteroatoms. The van der Waals surface area contributed by atoms with Crippen LogP contribution in [0.5, 0.6) is 0 Å². The van der Waals surface area contributed by atoms with Crippen LogP contribution in [0.4, 0.5) is 11.4 Å². The van der Waals surface area contributed by atoms with Crippen LogP contribution in [0.15, 0.2) is 121 Å². The van der Waals surface area contributed by atoms with Crippen molar-refractivity contribution in [3.05, 3.63) is 143 Å². The largest absolute Gasteiger partial charge is 0.322 e. The molecule has 0 fully saturated rings. The van der Waals surface area contributed by atoms with Crippen molar-refractivity contribution in [1.82, 2.24) is 0 Å². The highest BCUT2D eigenvalue weighted by Crippen LogP contribution is 2.60. The molecule has 0 N–H and O–H groups in total. The molecule has 6 rings (SSSR count). The smallest absolute Gasteiger partial charge is 0.108 e. The molecule has 0 saturated carbocycles. The van der Waals surface area contributed by atoms with Crippen LogP contribution >= 0.6 is 0 Å². The van der Waals surface area contributed by atoms with Crippen molar-refractivity contribution in [3.63, 3.8) is 0 Å². The number of benzene rings is 4. The van der Waals surface area contributed by atoms with Crippen molar-refractivity contribution >= 4 is 11.4 Å². The molecule has 2 heterocycles. The lowest BCUT2D eigenvalue weighted by Gasteiger charge is -2.34. The first-order valence-corrected chi connectivity index (χ1v) is 11.4. The van der Waals surface area contributed by atoms with Gasteiger partial charge in [-0.3, -0.25) is 0 Å². The number of allylic oxidation sites excluding steroid dienone is 2. The average molecular weight is 432 g/mol. The monoisotopic (exact) mass is 431 g/mol. The Morgan fingerprint density at radius 1 is 0.636 bits per heavy atom. The first kappa shape index (κ1) is 16.8. The van der Waals surface area contributed by atoms with E-state index in [0.717, 1.165) is 45.0 Å². The van der Waals surface area contributed by atoms with Crippen LogP contribution in [0.2, 0.25) is 0 Å². The summed E-state index contributed by atoms with van der Waals surface area (Å²) in [6, 6.07) is 37.3. The molecule has 4 aromatic rings. The van der Waals surface area contributed by atoms with Crippen molar-refractivity contribution < 1.29 is 4.11 Å². The van der Waals surface area contributed by atoms with Crippen LogP contribution in [-0.4, -0.2) is 6.17 Å². The van der Waals surface area contributed by atoms with Crippen LogP contribution in [-0.2, 0) is 5.41 Å². The van der Waals surface area contributed by atoms with Crippen LogP contribution in [0, 0.1) is 6.92 Å². The first-order chi connectivity index (χ1) is 17.4. The van der Waals surface area contributed by atoms with Gasteiger partial charge < -0.3 is 9.80 Å². The molecule has 4 aromatic carbocycles. The first-order valence-electron chi connectivity index (χ1n) is 12.9. The second kappa shape index (κ2) is 7.38. The zero-order valence-electron chi connectivity index (χ0n) is 21.9. The van der Waals surface area contributed by atoms with Crippen molar-refractivity contribution in [1.29, 1.82) is 0 Å². The molecule has 2 nitrogen and oxygen atoms in total. The lowest BCUT2D eigenvalue weighted by molar-refractivity contribution is 0.702. The predicted octanol–water partition coefficient (Wildman–Crippen LogP) is 7.25. The summed E-state index contributed by atoms with van der Waals surface area (Å²) in [5.74, 6) is 0. The van der Waals surface area contributed by atoms with Gasteiger partial charge in [0.1, 0.15) is 6.17 Å². The molecule has 2 aliphatic rings. The van der Waals surface area contributed by atoms with Gasteiger partial charge in [-0.05, 0) is 55.1 Å². The third-order valence-corrected chi connectivity index (χ3v) is 7.15. The molecule has 162 valence electrons. The summed E-state index contributed by atoms with van der Waals surface area (Å²) >= 11 is 0. The predicted molar refractivity (Wildman–Crippen MR) is 138 cm³/mol. The summed E-state index contributed by atoms with van der Waals surface area (Å²) < 4.78 is 26.2. The van der Waals surface area contributed by atoms with Crippen molar-refractivity contribution in [2.24, 2.45) is 0 Å². The number of hydrogen-bond acceptors (Lipinski definition) is 2. The van der Waals surface area contributed by atoms with Gasteiger partial charge >= 0.3 is 0 Å². The fourth-order valence-electron chi connectivity index (χ4n) is 5.82. The quantitative estimate of drug-likeness (QED) is 0.337. The molecule has 1 atom stereocenters. The van der Waals surface area contributed by atoms with E-state index < -0.39 is 18.4 Å². The Hall–Kier alpha value is -3.78. The molecule has 0 spiro atoms. The van der Waals surface area contributed by atoms with E-state index in [1.807, 2.05) is 54.3 Å². The molecule has 33 heavy (non-hydrogen) atoms. The van der Waals surface area contributed by atoms with Gasteiger partial charge in [-0.1, -0.05) is 97.1 Å². The van der Waals surface area contributed by atoms with Crippen LogP contribution in [0.25, 0.3) is 0 Å². The van der Waals surface area contributed by atoms with E-state index in [1.165, 1.54) is 0 Å². The summed E-state index contributed by atoms with van der Waals surface area (Å²) in [5, 5.41) is 0. The van der Waals surface area contributed by atoms with E-state index in [9.17, 15) is 0 Å².